The molecule has 0 aliphatic heterocycles. The molecule has 1 rings (SSSR count). The van der Waals surface area contributed by atoms with E-state index in [2.05, 4.69) is 15.3 Å². The van der Waals surface area contributed by atoms with Crippen molar-refractivity contribution in [2.24, 2.45) is 5.92 Å². The highest BCUT2D eigenvalue weighted by atomic mass is 32.2. The number of hydrogen-bond donors (Lipinski definition) is 2. The average Bonchev–Trinajstić information content (AvgIpc) is 2.43. The second kappa shape index (κ2) is 7.04. The molecule has 23 heavy (non-hydrogen) atoms. The number of aromatic nitrogens is 2. The zero-order chi connectivity index (χ0) is 17.8. The Kier molecular flexibility index (Phi) is 5.82. The number of amides is 1. The van der Waals surface area contributed by atoms with Crippen LogP contribution in [0.2, 0.25) is 0 Å². The van der Waals surface area contributed by atoms with E-state index in [-0.39, 0.29) is 16.8 Å². The van der Waals surface area contributed by atoms with E-state index in [0.29, 0.717) is 17.8 Å². The minimum absolute atomic E-state index is 0.159. The molecule has 0 bridgehead atoms. The van der Waals surface area contributed by atoms with Crippen molar-refractivity contribution in [3.63, 3.8) is 0 Å². The van der Waals surface area contributed by atoms with E-state index in [1.165, 1.54) is 0 Å². The van der Waals surface area contributed by atoms with Crippen LogP contribution in [0.1, 0.15) is 26.5 Å². The van der Waals surface area contributed by atoms with Crippen molar-refractivity contribution < 1.29 is 18.0 Å². The molecule has 2 N–H and O–H groups in total. The molecule has 0 fully saturated rings. The number of thioether (sulfide) groups is 1. The molecule has 1 amide bonds. The highest BCUT2D eigenvalue weighted by Crippen LogP contribution is 2.27. The summed E-state index contributed by atoms with van der Waals surface area (Å²) in [5.41, 5.74) is -3.38. The van der Waals surface area contributed by atoms with Crippen molar-refractivity contribution in [3.8, 4) is 6.07 Å². The number of aromatic amines is 1. The van der Waals surface area contributed by atoms with Crippen molar-refractivity contribution in [2.45, 2.75) is 37.6 Å². The zero-order valence-electron chi connectivity index (χ0n) is 12.6. The summed E-state index contributed by atoms with van der Waals surface area (Å²) < 4.78 is 37.7. The quantitative estimate of drug-likeness (QED) is 0.626. The predicted octanol–water partition coefficient (Wildman–Crippen LogP) is 1.94. The fourth-order valence-electron chi connectivity index (χ4n) is 1.41. The summed E-state index contributed by atoms with van der Waals surface area (Å²) in [7, 11) is 0. The fourth-order valence-corrected chi connectivity index (χ4v) is 2.09. The molecule has 1 aromatic rings. The standard InChI is InChI=1S/C13H15F3N4O2S/c1-7(2)12(3,6-17)20-10(22)5-23-11-18-8(13(14,15)16)4-9(21)19-11/h4,7H,5H2,1-3H3,(H,20,22)(H,18,19,21)/t12-/m0/s1. The number of rotatable bonds is 5. The molecule has 6 nitrogen and oxygen atoms in total. The third-order valence-corrected chi connectivity index (χ3v) is 4.01. The summed E-state index contributed by atoms with van der Waals surface area (Å²) in [6.07, 6.45) is -4.75. The number of carbonyl (C=O) groups excluding carboxylic acids is 1. The second-order valence-corrected chi connectivity index (χ2v) is 6.20. The number of halogens is 3. The van der Waals surface area contributed by atoms with Crippen LogP contribution in [0.25, 0.3) is 0 Å². The molecule has 1 heterocycles. The maximum Gasteiger partial charge on any atom is 0.433 e. The number of nitrogens with zero attached hydrogens (tertiary/aromatic N) is 2. The lowest BCUT2D eigenvalue weighted by Crippen LogP contribution is -2.49. The Balaban J connectivity index is 2.80. The largest absolute Gasteiger partial charge is 0.433 e. The van der Waals surface area contributed by atoms with Gasteiger partial charge >= 0.3 is 6.18 Å². The summed E-state index contributed by atoms with van der Waals surface area (Å²) in [5, 5.41) is 11.3. The number of H-pyrrole nitrogens is 1. The van der Waals surface area contributed by atoms with Gasteiger partial charge in [0.15, 0.2) is 10.9 Å². The van der Waals surface area contributed by atoms with Crippen molar-refractivity contribution >= 4 is 17.7 Å². The van der Waals surface area contributed by atoms with Crippen molar-refractivity contribution in [1.29, 1.82) is 5.26 Å². The highest BCUT2D eigenvalue weighted by Gasteiger charge is 2.34. The molecular formula is C13H15F3N4O2S. The van der Waals surface area contributed by atoms with Gasteiger partial charge < -0.3 is 10.3 Å². The summed E-state index contributed by atoms with van der Waals surface area (Å²) in [6, 6.07) is 2.32. The van der Waals surface area contributed by atoms with Crippen LogP contribution in [-0.4, -0.2) is 27.2 Å². The van der Waals surface area contributed by atoms with Gasteiger partial charge in [-0.15, -0.1) is 0 Å². The Hall–Kier alpha value is -2.02. The van der Waals surface area contributed by atoms with Crippen LogP contribution < -0.4 is 10.9 Å². The van der Waals surface area contributed by atoms with Gasteiger partial charge in [0.2, 0.25) is 5.91 Å². The minimum atomic E-state index is -4.75. The predicted molar refractivity (Wildman–Crippen MR) is 77.6 cm³/mol. The van der Waals surface area contributed by atoms with Gasteiger partial charge in [-0.25, -0.2) is 4.98 Å². The first kappa shape index (κ1) is 19.0. The van der Waals surface area contributed by atoms with Gasteiger partial charge in [-0.1, -0.05) is 25.6 Å². The Morgan fingerprint density at radius 2 is 2.13 bits per heavy atom. The van der Waals surface area contributed by atoms with Crippen LogP contribution in [0.15, 0.2) is 16.0 Å². The summed E-state index contributed by atoms with van der Waals surface area (Å²) in [6.45, 7) is 5.05. The number of alkyl halides is 3. The Labute approximate surface area is 134 Å². The van der Waals surface area contributed by atoms with Crippen molar-refractivity contribution in [1.82, 2.24) is 15.3 Å². The third kappa shape index (κ3) is 5.28. The van der Waals surface area contributed by atoms with Crippen LogP contribution >= 0.6 is 11.8 Å². The van der Waals surface area contributed by atoms with Gasteiger partial charge in [0.1, 0.15) is 5.54 Å². The van der Waals surface area contributed by atoms with E-state index in [9.17, 15) is 22.8 Å². The Morgan fingerprint density at radius 1 is 1.52 bits per heavy atom. The van der Waals surface area contributed by atoms with Gasteiger partial charge in [0, 0.05) is 6.07 Å². The Bertz CT molecular complexity index is 681. The van der Waals surface area contributed by atoms with Crippen molar-refractivity contribution in [2.75, 3.05) is 5.75 Å². The summed E-state index contributed by atoms with van der Waals surface area (Å²) in [5.74, 6) is -0.991. The first-order valence-electron chi connectivity index (χ1n) is 6.51. The molecule has 0 aliphatic rings. The van der Waals surface area contributed by atoms with E-state index >= 15 is 0 Å². The van der Waals surface area contributed by atoms with E-state index in [1.54, 1.807) is 20.8 Å². The Morgan fingerprint density at radius 3 is 2.61 bits per heavy atom. The molecule has 0 saturated carbocycles. The molecule has 1 aromatic heterocycles. The normalized spacial score (nSPS) is 14.2. The van der Waals surface area contributed by atoms with Crippen molar-refractivity contribution in [3.05, 3.63) is 22.1 Å². The average molecular weight is 348 g/mol. The minimum Gasteiger partial charge on any atom is -0.337 e. The molecule has 1 atom stereocenters. The van der Waals surface area contributed by atoms with Crippen LogP contribution in [0, 0.1) is 17.2 Å². The lowest BCUT2D eigenvalue weighted by molar-refractivity contribution is -0.141. The maximum atomic E-state index is 12.6. The van der Waals surface area contributed by atoms with E-state index in [0.717, 1.165) is 0 Å². The molecular weight excluding hydrogens is 333 g/mol. The van der Waals surface area contributed by atoms with Gasteiger partial charge in [-0.05, 0) is 12.8 Å². The molecule has 0 spiro atoms. The van der Waals surface area contributed by atoms with Crippen LogP contribution in [0.4, 0.5) is 13.2 Å². The number of nitrogens with one attached hydrogen (secondary N) is 2. The number of nitriles is 1. The molecule has 0 unspecified atom stereocenters. The van der Waals surface area contributed by atoms with Crippen LogP contribution in [0.5, 0.6) is 0 Å². The summed E-state index contributed by atoms with van der Waals surface area (Å²) >= 11 is 0.648. The molecule has 0 aromatic carbocycles. The second-order valence-electron chi connectivity index (χ2n) is 5.24. The first-order valence-corrected chi connectivity index (χ1v) is 7.50. The molecule has 126 valence electrons. The van der Waals surface area contributed by atoms with E-state index in [1.807, 2.05) is 6.07 Å². The third-order valence-electron chi connectivity index (χ3n) is 3.14. The molecule has 10 heteroatoms. The molecule has 0 aliphatic carbocycles. The van der Waals surface area contributed by atoms with Gasteiger partial charge in [0.25, 0.3) is 5.56 Å². The van der Waals surface area contributed by atoms with E-state index < -0.39 is 28.9 Å². The lowest BCUT2D eigenvalue weighted by Gasteiger charge is -2.27. The lowest BCUT2D eigenvalue weighted by atomic mass is 9.90. The van der Waals surface area contributed by atoms with E-state index in [4.69, 9.17) is 5.26 Å². The van der Waals surface area contributed by atoms with Crippen LogP contribution in [0.3, 0.4) is 0 Å². The maximum absolute atomic E-state index is 12.6. The van der Waals surface area contributed by atoms with Gasteiger partial charge in [-0.2, -0.15) is 18.4 Å². The topological polar surface area (TPSA) is 98.6 Å². The molecule has 0 radical (unpaired) electrons. The van der Waals surface area contributed by atoms with Gasteiger partial charge in [-0.3, -0.25) is 9.59 Å². The van der Waals surface area contributed by atoms with Crippen LogP contribution in [-0.2, 0) is 11.0 Å². The fraction of sp³-hybridized carbons (Fsp3) is 0.538. The first-order chi connectivity index (χ1) is 10.5. The SMILES string of the molecule is CC(C)[C@](C)(C#N)NC(=O)CSc1nc(C(F)(F)F)cc(=O)[nH]1. The monoisotopic (exact) mass is 348 g/mol. The summed E-state index contributed by atoms with van der Waals surface area (Å²) in [4.78, 5) is 28.4. The smallest absolute Gasteiger partial charge is 0.337 e. The molecule has 0 saturated heterocycles. The number of carbonyl (C=O) groups is 1. The zero-order valence-corrected chi connectivity index (χ0v) is 13.4. The number of hydrogen-bond acceptors (Lipinski definition) is 5. The highest BCUT2D eigenvalue weighted by molar-refractivity contribution is 7.99. The van der Waals surface area contributed by atoms with Gasteiger partial charge in [0.05, 0.1) is 11.8 Å².